The second-order valence-corrected chi connectivity index (χ2v) is 8.48. The molecule has 0 unspecified atom stereocenters. The lowest BCUT2D eigenvalue weighted by Crippen LogP contribution is -2.34. The molecule has 0 amide bonds. The monoisotopic (exact) mass is 482 g/mol. The third-order valence-electron chi connectivity index (χ3n) is 5.67. The number of benzene rings is 1. The van der Waals surface area contributed by atoms with E-state index in [-0.39, 0.29) is 36.5 Å². The second-order valence-electron chi connectivity index (χ2n) is 8.48. The van der Waals surface area contributed by atoms with E-state index >= 15 is 0 Å². The van der Waals surface area contributed by atoms with Gasteiger partial charge in [0.05, 0.1) is 24.4 Å². The van der Waals surface area contributed by atoms with Gasteiger partial charge < -0.3 is 14.5 Å². The summed E-state index contributed by atoms with van der Waals surface area (Å²) < 4.78 is 35.4. The molecule has 0 saturated heterocycles. The smallest absolute Gasteiger partial charge is 0.308 e. The van der Waals surface area contributed by atoms with Gasteiger partial charge in [-0.1, -0.05) is 37.2 Å². The lowest BCUT2D eigenvalue weighted by Gasteiger charge is -2.25. The van der Waals surface area contributed by atoms with Crippen LogP contribution in [0.15, 0.2) is 53.4 Å². The summed E-state index contributed by atoms with van der Waals surface area (Å²) in [4.78, 5) is 21.5. The van der Waals surface area contributed by atoms with E-state index in [0.717, 1.165) is 6.20 Å². The molecule has 1 aromatic carbocycles. The first-order valence-electron chi connectivity index (χ1n) is 10.9. The molecule has 0 spiro atoms. The number of carboxylic acid groups (broad SMARTS) is 1. The van der Waals surface area contributed by atoms with Gasteiger partial charge in [-0.05, 0) is 18.1 Å². The van der Waals surface area contributed by atoms with Gasteiger partial charge in [-0.3, -0.25) is 9.48 Å². The summed E-state index contributed by atoms with van der Waals surface area (Å²) >= 11 is 0. The van der Waals surface area contributed by atoms with Gasteiger partial charge in [-0.25, -0.2) is 18.7 Å². The van der Waals surface area contributed by atoms with Gasteiger partial charge in [0.15, 0.2) is 17.5 Å². The topological polar surface area (TPSA) is 110 Å². The highest BCUT2D eigenvalue weighted by Crippen LogP contribution is 2.27. The van der Waals surface area contributed by atoms with Crippen LogP contribution in [0.2, 0.25) is 0 Å². The van der Waals surface area contributed by atoms with E-state index < -0.39 is 17.7 Å². The van der Waals surface area contributed by atoms with E-state index in [1.807, 2.05) is 0 Å². The summed E-state index contributed by atoms with van der Waals surface area (Å²) in [5.74, 6) is -2.82. The van der Waals surface area contributed by atoms with Crippen LogP contribution < -0.4 is 4.90 Å². The summed E-state index contributed by atoms with van der Waals surface area (Å²) in [6.45, 7) is 3.76. The summed E-state index contributed by atoms with van der Waals surface area (Å²) in [5.41, 5.74) is 1.74. The third kappa shape index (κ3) is 5.18. The van der Waals surface area contributed by atoms with Crippen LogP contribution in [-0.4, -0.2) is 49.6 Å². The Bertz CT molecular complexity index is 1320. The predicted octanol–water partition coefficient (Wildman–Crippen LogP) is 4.11. The van der Waals surface area contributed by atoms with Crippen LogP contribution >= 0.6 is 0 Å². The SMILES string of the molecule is CC(C)[C@@H](CN(C)c1nc(-c2cc(-c3ccon3)n(Cc3ccccc3F)n2)ncc1F)C(=O)O. The number of nitrogens with zero attached hydrogens (tertiary/aromatic N) is 6. The van der Waals surface area contributed by atoms with Crippen molar-refractivity contribution < 1.29 is 23.2 Å². The van der Waals surface area contributed by atoms with Crippen molar-refractivity contribution in [1.82, 2.24) is 24.9 Å². The van der Waals surface area contributed by atoms with Crippen molar-refractivity contribution in [2.24, 2.45) is 11.8 Å². The van der Waals surface area contributed by atoms with Crippen molar-refractivity contribution in [3.8, 4) is 22.9 Å². The third-order valence-corrected chi connectivity index (χ3v) is 5.67. The van der Waals surface area contributed by atoms with Gasteiger partial charge >= 0.3 is 5.97 Å². The van der Waals surface area contributed by atoms with Gasteiger partial charge in [-0.2, -0.15) is 5.10 Å². The van der Waals surface area contributed by atoms with Gasteiger partial charge in [0.2, 0.25) is 0 Å². The Balaban J connectivity index is 1.71. The number of halogens is 2. The van der Waals surface area contributed by atoms with E-state index in [0.29, 0.717) is 22.6 Å². The van der Waals surface area contributed by atoms with Crippen molar-refractivity contribution in [3.05, 3.63) is 66.1 Å². The van der Waals surface area contributed by atoms with Gasteiger partial charge in [-0.15, -0.1) is 0 Å². The van der Waals surface area contributed by atoms with Crippen LogP contribution in [0.3, 0.4) is 0 Å². The zero-order valence-electron chi connectivity index (χ0n) is 19.4. The molecule has 0 aliphatic heterocycles. The summed E-state index contributed by atoms with van der Waals surface area (Å²) in [6.07, 6.45) is 2.43. The van der Waals surface area contributed by atoms with E-state index in [2.05, 4.69) is 20.2 Å². The molecule has 4 aromatic rings. The molecule has 3 heterocycles. The molecule has 0 aliphatic rings. The standard InChI is InChI=1S/C24H24F2N6O3/c1-14(2)16(24(33)34)13-31(3)23-18(26)11-27-22(28-23)20-10-21(19-8-9-35-30-19)32(29-20)12-15-6-4-5-7-17(15)25/h4-11,14,16H,12-13H2,1-3H3,(H,33,34)/t16-/m1/s1. The zero-order chi connectivity index (χ0) is 25.1. The van der Waals surface area contributed by atoms with Crippen LogP contribution in [-0.2, 0) is 11.3 Å². The molecule has 3 aromatic heterocycles. The number of rotatable bonds is 9. The Labute approximate surface area is 200 Å². The Hall–Kier alpha value is -4.15. The first-order valence-corrected chi connectivity index (χ1v) is 10.9. The van der Waals surface area contributed by atoms with Gasteiger partial charge in [0.1, 0.15) is 23.5 Å². The quantitative estimate of drug-likeness (QED) is 0.379. The fourth-order valence-corrected chi connectivity index (χ4v) is 3.69. The highest BCUT2D eigenvalue weighted by Gasteiger charge is 2.26. The number of hydrogen-bond acceptors (Lipinski definition) is 7. The maximum Gasteiger partial charge on any atom is 0.308 e. The van der Waals surface area contributed by atoms with E-state index in [9.17, 15) is 18.7 Å². The molecule has 9 nitrogen and oxygen atoms in total. The molecule has 0 saturated carbocycles. The van der Waals surface area contributed by atoms with Crippen LogP contribution in [0.5, 0.6) is 0 Å². The van der Waals surface area contributed by atoms with Crippen molar-refractivity contribution >= 4 is 11.8 Å². The maximum atomic E-state index is 14.6. The Morgan fingerprint density at radius 2 is 1.94 bits per heavy atom. The Morgan fingerprint density at radius 3 is 2.60 bits per heavy atom. The molecule has 1 N–H and O–H groups in total. The lowest BCUT2D eigenvalue weighted by molar-refractivity contribution is -0.142. The predicted molar refractivity (Wildman–Crippen MR) is 123 cm³/mol. The first kappa shape index (κ1) is 24.0. The maximum absolute atomic E-state index is 14.6. The van der Waals surface area contributed by atoms with Crippen molar-refractivity contribution in [2.45, 2.75) is 20.4 Å². The molecule has 4 rings (SSSR count). The first-order chi connectivity index (χ1) is 16.7. The average molecular weight is 482 g/mol. The number of carboxylic acids is 1. The molecule has 0 fully saturated rings. The fraction of sp³-hybridized carbons (Fsp3) is 0.292. The van der Waals surface area contributed by atoms with Gasteiger partial charge in [0, 0.05) is 25.2 Å². The van der Waals surface area contributed by atoms with Crippen LogP contribution in [0, 0.1) is 23.5 Å². The minimum absolute atomic E-state index is 0.0476. The average Bonchev–Trinajstić information content (AvgIpc) is 3.49. The highest BCUT2D eigenvalue weighted by molar-refractivity contribution is 5.71. The molecule has 0 bridgehead atoms. The molecule has 1 atom stereocenters. The molecule has 182 valence electrons. The molecular weight excluding hydrogens is 458 g/mol. The summed E-state index contributed by atoms with van der Waals surface area (Å²) in [5, 5.41) is 18.0. The molecular formula is C24H24F2N6O3. The zero-order valence-corrected chi connectivity index (χ0v) is 19.4. The fourth-order valence-electron chi connectivity index (χ4n) is 3.69. The van der Waals surface area contributed by atoms with Crippen LogP contribution in [0.4, 0.5) is 14.6 Å². The summed E-state index contributed by atoms with van der Waals surface area (Å²) in [6, 6.07) is 9.64. The number of anilines is 1. The van der Waals surface area contributed by atoms with E-state index in [4.69, 9.17) is 4.52 Å². The Morgan fingerprint density at radius 1 is 1.17 bits per heavy atom. The van der Waals surface area contributed by atoms with Gasteiger partial charge in [0.25, 0.3) is 0 Å². The molecule has 11 heteroatoms. The minimum atomic E-state index is -0.967. The van der Waals surface area contributed by atoms with Crippen LogP contribution in [0.25, 0.3) is 22.9 Å². The number of hydrogen-bond donors (Lipinski definition) is 1. The number of carbonyl (C=O) groups is 1. The lowest BCUT2D eigenvalue weighted by atomic mass is 9.95. The van der Waals surface area contributed by atoms with Crippen LogP contribution in [0.1, 0.15) is 19.4 Å². The second kappa shape index (κ2) is 10.00. The minimum Gasteiger partial charge on any atom is -0.481 e. The van der Waals surface area contributed by atoms with E-state index in [1.165, 1.54) is 17.2 Å². The normalized spacial score (nSPS) is 12.2. The van der Waals surface area contributed by atoms with Crippen molar-refractivity contribution in [1.29, 1.82) is 0 Å². The molecule has 35 heavy (non-hydrogen) atoms. The Kier molecular flexibility index (Phi) is 6.85. The van der Waals surface area contributed by atoms with E-state index in [1.54, 1.807) is 55.9 Å². The van der Waals surface area contributed by atoms with Crippen molar-refractivity contribution in [2.75, 3.05) is 18.5 Å². The van der Waals surface area contributed by atoms with Crippen molar-refractivity contribution in [3.63, 3.8) is 0 Å². The highest BCUT2D eigenvalue weighted by atomic mass is 19.1. The number of aromatic nitrogens is 5. The summed E-state index contributed by atoms with van der Waals surface area (Å²) in [7, 11) is 1.57. The molecule has 0 radical (unpaired) electrons. The largest absolute Gasteiger partial charge is 0.481 e. The molecule has 0 aliphatic carbocycles. The number of aliphatic carboxylic acids is 1.